The Morgan fingerprint density at radius 3 is 1.82 bits per heavy atom. The minimum atomic E-state index is -4.90. The van der Waals surface area contributed by atoms with E-state index >= 15 is 0 Å². The smallest absolute Gasteiger partial charge is 0.429 e. The summed E-state index contributed by atoms with van der Waals surface area (Å²) < 4.78 is 89.2. The Bertz CT molecular complexity index is 966. The molecule has 38 heavy (non-hydrogen) atoms. The lowest BCUT2D eigenvalue weighted by molar-refractivity contribution is -0.274. The van der Waals surface area contributed by atoms with E-state index in [1.54, 1.807) is 0 Å². The number of unbranched alkanes of at least 4 members (excludes halogenated alkanes) is 7. The second-order valence-electron chi connectivity index (χ2n) is 10.4. The number of hydrogen-bond acceptors (Lipinski definition) is 2. The lowest BCUT2D eigenvalue weighted by atomic mass is 9.77. The van der Waals surface area contributed by atoms with Gasteiger partial charge in [0.2, 0.25) is 0 Å². The zero-order chi connectivity index (χ0) is 27.6. The Labute approximate surface area is 221 Å². The molecule has 0 saturated heterocycles. The average Bonchev–Trinajstić information content (AvgIpc) is 2.86. The van der Waals surface area contributed by atoms with Crippen molar-refractivity contribution >= 4 is 0 Å². The van der Waals surface area contributed by atoms with Gasteiger partial charge in [-0.05, 0) is 79.5 Å². The number of ether oxygens (including phenoxy) is 2. The summed E-state index contributed by atoms with van der Waals surface area (Å²) in [5, 5.41) is 0. The fraction of sp³-hybridized carbons (Fsp3) is 0.600. The molecule has 1 aliphatic rings. The summed E-state index contributed by atoms with van der Waals surface area (Å²) in [4.78, 5) is 0. The van der Waals surface area contributed by atoms with Gasteiger partial charge in [-0.1, -0.05) is 70.8 Å². The van der Waals surface area contributed by atoms with E-state index < -0.39 is 35.4 Å². The Hall–Kier alpha value is -2.38. The third kappa shape index (κ3) is 9.73. The third-order valence-corrected chi connectivity index (χ3v) is 7.39. The first-order chi connectivity index (χ1) is 18.1. The summed E-state index contributed by atoms with van der Waals surface area (Å²) in [7, 11) is 0. The lowest BCUT2D eigenvalue weighted by Crippen LogP contribution is -2.24. The summed E-state index contributed by atoms with van der Waals surface area (Å²) in [6.45, 7) is 2.23. The van der Waals surface area contributed by atoms with Crippen molar-refractivity contribution in [3.63, 3.8) is 0 Å². The van der Waals surface area contributed by atoms with Crippen LogP contribution in [-0.2, 0) is 6.11 Å². The highest BCUT2D eigenvalue weighted by atomic mass is 19.4. The maximum Gasteiger partial charge on any atom is 0.573 e. The van der Waals surface area contributed by atoms with Crippen LogP contribution < -0.4 is 9.47 Å². The Balaban J connectivity index is 1.46. The van der Waals surface area contributed by atoms with Crippen LogP contribution in [-0.4, -0.2) is 6.36 Å². The molecule has 0 bridgehead atoms. The molecule has 0 amide bonds. The van der Waals surface area contributed by atoms with E-state index in [1.165, 1.54) is 63.9 Å². The van der Waals surface area contributed by atoms with Gasteiger partial charge in [-0.3, -0.25) is 0 Å². The zero-order valence-electron chi connectivity index (χ0n) is 22.0. The standard InChI is InChI=1S/C30H38F6O2/c1-2-3-4-5-6-7-8-9-10-22-11-13-23(14-12-22)24-15-20-27(28(31)21-24)29(32,33)37-25-16-18-26(19-17-25)38-30(34,35)36/h15-23H,2-14H2,1H3/t22-,23-. The molecule has 0 unspecified atom stereocenters. The summed E-state index contributed by atoms with van der Waals surface area (Å²) in [6, 6.07) is 7.25. The molecular weight excluding hydrogens is 506 g/mol. The van der Waals surface area contributed by atoms with E-state index in [1.807, 2.05) is 0 Å². The molecule has 212 valence electrons. The van der Waals surface area contributed by atoms with Crippen molar-refractivity contribution in [3.05, 3.63) is 59.4 Å². The van der Waals surface area contributed by atoms with Gasteiger partial charge in [-0.25, -0.2) is 4.39 Å². The van der Waals surface area contributed by atoms with Gasteiger partial charge in [0.15, 0.2) is 0 Å². The highest BCUT2D eigenvalue weighted by Gasteiger charge is 2.38. The minimum absolute atomic E-state index is 0.143. The second-order valence-corrected chi connectivity index (χ2v) is 10.4. The largest absolute Gasteiger partial charge is 0.573 e. The molecule has 1 fully saturated rings. The van der Waals surface area contributed by atoms with Crippen LogP contribution in [0.1, 0.15) is 107 Å². The molecule has 0 spiro atoms. The number of halogens is 6. The number of alkyl halides is 5. The van der Waals surface area contributed by atoms with Crippen LogP contribution in [0.4, 0.5) is 26.3 Å². The molecule has 1 saturated carbocycles. The Morgan fingerprint density at radius 1 is 0.711 bits per heavy atom. The van der Waals surface area contributed by atoms with E-state index in [4.69, 9.17) is 0 Å². The molecule has 0 radical (unpaired) electrons. The van der Waals surface area contributed by atoms with Gasteiger partial charge in [-0.2, -0.15) is 8.78 Å². The summed E-state index contributed by atoms with van der Waals surface area (Å²) in [5.74, 6) is -1.23. The first-order valence-electron chi connectivity index (χ1n) is 13.8. The Kier molecular flexibility index (Phi) is 11.2. The van der Waals surface area contributed by atoms with Crippen molar-refractivity contribution in [3.8, 4) is 11.5 Å². The molecule has 8 heteroatoms. The first-order valence-corrected chi connectivity index (χ1v) is 13.8. The van der Waals surface area contributed by atoms with Crippen molar-refractivity contribution in [2.24, 2.45) is 5.92 Å². The molecule has 2 nitrogen and oxygen atoms in total. The molecule has 0 aromatic heterocycles. The molecule has 0 aliphatic heterocycles. The SMILES string of the molecule is CCCCCCCCCC[C@H]1CC[C@H](c2ccc(C(F)(F)Oc3ccc(OC(F)(F)F)cc3)c(F)c2)CC1. The van der Waals surface area contributed by atoms with Gasteiger partial charge >= 0.3 is 12.5 Å². The fourth-order valence-electron chi connectivity index (χ4n) is 5.29. The maximum absolute atomic E-state index is 14.8. The minimum Gasteiger partial charge on any atom is -0.429 e. The van der Waals surface area contributed by atoms with Crippen molar-refractivity contribution in [1.29, 1.82) is 0 Å². The van der Waals surface area contributed by atoms with Gasteiger partial charge in [0, 0.05) is 0 Å². The number of benzene rings is 2. The van der Waals surface area contributed by atoms with Crippen LogP contribution in [0.5, 0.6) is 11.5 Å². The number of hydrogen-bond donors (Lipinski definition) is 0. The molecule has 2 aromatic rings. The van der Waals surface area contributed by atoms with Crippen LogP contribution >= 0.6 is 0 Å². The van der Waals surface area contributed by atoms with Crippen molar-refractivity contribution in [2.75, 3.05) is 0 Å². The van der Waals surface area contributed by atoms with Gasteiger partial charge in [0.05, 0.1) is 5.56 Å². The molecular formula is C30H38F6O2. The van der Waals surface area contributed by atoms with E-state index in [9.17, 15) is 26.3 Å². The van der Waals surface area contributed by atoms with E-state index in [2.05, 4.69) is 16.4 Å². The average molecular weight is 545 g/mol. The van der Waals surface area contributed by atoms with Crippen LogP contribution in [0.15, 0.2) is 42.5 Å². The second kappa shape index (κ2) is 14.1. The highest BCUT2D eigenvalue weighted by Crippen LogP contribution is 2.40. The quantitative estimate of drug-likeness (QED) is 0.174. The van der Waals surface area contributed by atoms with Crippen molar-refractivity contribution in [2.45, 2.75) is 109 Å². The molecule has 0 atom stereocenters. The van der Waals surface area contributed by atoms with Crippen LogP contribution in [0.3, 0.4) is 0 Å². The predicted molar refractivity (Wildman–Crippen MR) is 136 cm³/mol. The maximum atomic E-state index is 14.8. The topological polar surface area (TPSA) is 18.5 Å². The number of rotatable bonds is 14. The zero-order valence-corrected chi connectivity index (χ0v) is 22.0. The fourth-order valence-corrected chi connectivity index (χ4v) is 5.29. The van der Waals surface area contributed by atoms with Gasteiger partial charge in [-0.15, -0.1) is 13.2 Å². The van der Waals surface area contributed by atoms with E-state index in [-0.39, 0.29) is 5.92 Å². The molecule has 2 aromatic carbocycles. The summed E-state index contributed by atoms with van der Waals surface area (Å²) in [5.41, 5.74) is -0.207. The summed E-state index contributed by atoms with van der Waals surface area (Å²) in [6.07, 6.45) is 6.71. The van der Waals surface area contributed by atoms with E-state index in [0.717, 1.165) is 62.1 Å². The van der Waals surface area contributed by atoms with Crippen LogP contribution in [0, 0.1) is 11.7 Å². The molecule has 0 N–H and O–H groups in total. The summed E-state index contributed by atoms with van der Waals surface area (Å²) >= 11 is 0. The van der Waals surface area contributed by atoms with Gasteiger partial charge < -0.3 is 9.47 Å². The highest BCUT2D eigenvalue weighted by molar-refractivity contribution is 5.34. The molecule has 3 rings (SSSR count). The normalized spacial score (nSPS) is 18.4. The van der Waals surface area contributed by atoms with E-state index in [0.29, 0.717) is 11.5 Å². The lowest BCUT2D eigenvalue weighted by Gasteiger charge is -2.29. The van der Waals surface area contributed by atoms with Gasteiger partial charge in [0.25, 0.3) is 0 Å². The molecule has 0 heterocycles. The van der Waals surface area contributed by atoms with Crippen molar-refractivity contribution < 1.29 is 35.8 Å². The Morgan fingerprint density at radius 2 is 1.26 bits per heavy atom. The third-order valence-electron chi connectivity index (χ3n) is 7.39. The van der Waals surface area contributed by atoms with Gasteiger partial charge in [0.1, 0.15) is 17.3 Å². The molecule has 1 aliphatic carbocycles. The monoisotopic (exact) mass is 544 g/mol. The first kappa shape index (κ1) is 30.2. The van der Waals surface area contributed by atoms with Crippen LogP contribution in [0.2, 0.25) is 0 Å². The predicted octanol–water partition coefficient (Wildman–Crippen LogP) is 10.7. The van der Waals surface area contributed by atoms with Crippen molar-refractivity contribution in [1.82, 2.24) is 0 Å². The van der Waals surface area contributed by atoms with Crippen LogP contribution in [0.25, 0.3) is 0 Å².